The first-order valence-corrected chi connectivity index (χ1v) is 7.42. The van der Waals surface area contributed by atoms with Crippen LogP contribution in [0, 0.1) is 11.8 Å². The molecule has 1 heterocycles. The van der Waals surface area contributed by atoms with Gasteiger partial charge in [0.1, 0.15) is 0 Å². The van der Waals surface area contributed by atoms with Crippen molar-refractivity contribution in [3.8, 4) is 0 Å². The number of amides is 2. The number of nitrogens with zero attached hydrogens (tertiary/aromatic N) is 2. The molecule has 0 saturated carbocycles. The predicted octanol–water partition coefficient (Wildman–Crippen LogP) is 0.988. The number of carbonyl (C=O) groups is 1. The highest BCUT2D eigenvalue weighted by molar-refractivity contribution is 5.74. The lowest BCUT2D eigenvalue weighted by Gasteiger charge is -2.22. The van der Waals surface area contributed by atoms with Crippen LogP contribution >= 0.6 is 0 Å². The van der Waals surface area contributed by atoms with Gasteiger partial charge in [-0.15, -0.1) is 0 Å². The molecule has 2 N–H and O–H groups in total. The second kappa shape index (κ2) is 8.38. The zero-order chi connectivity index (χ0) is 14.3. The van der Waals surface area contributed by atoms with Crippen molar-refractivity contribution in [2.45, 2.75) is 27.2 Å². The van der Waals surface area contributed by atoms with E-state index in [-0.39, 0.29) is 12.6 Å². The number of nitrogens with one attached hydrogen (secondary N) is 1. The van der Waals surface area contributed by atoms with Crippen LogP contribution in [0.5, 0.6) is 0 Å². The second-order valence-corrected chi connectivity index (χ2v) is 5.80. The van der Waals surface area contributed by atoms with E-state index in [4.69, 9.17) is 5.11 Å². The smallest absolute Gasteiger partial charge is 0.317 e. The largest absolute Gasteiger partial charge is 0.395 e. The molecular formula is C14H29N3O2. The van der Waals surface area contributed by atoms with Crippen LogP contribution in [-0.2, 0) is 0 Å². The van der Waals surface area contributed by atoms with Gasteiger partial charge < -0.3 is 20.2 Å². The molecule has 0 aliphatic carbocycles. The van der Waals surface area contributed by atoms with E-state index < -0.39 is 0 Å². The molecule has 112 valence electrons. The molecule has 0 aromatic rings. The Hall–Kier alpha value is -0.810. The molecule has 1 saturated heterocycles. The quantitative estimate of drug-likeness (QED) is 0.726. The lowest BCUT2D eigenvalue weighted by atomic mass is 10.1. The van der Waals surface area contributed by atoms with E-state index in [1.54, 1.807) is 4.90 Å². The first-order chi connectivity index (χ1) is 9.06. The molecule has 1 rings (SSSR count). The molecule has 1 unspecified atom stereocenters. The Morgan fingerprint density at radius 1 is 1.53 bits per heavy atom. The minimum absolute atomic E-state index is 0.0207. The molecule has 5 heteroatoms. The number of aliphatic hydroxyl groups excluding tert-OH is 1. The maximum absolute atomic E-state index is 11.9. The summed E-state index contributed by atoms with van der Waals surface area (Å²) < 4.78 is 0. The van der Waals surface area contributed by atoms with Crippen LogP contribution in [0.3, 0.4) is 0 Å². The number of urea groups is 1. The van der Waals surface area contributed by atoms with Crippen LogP contribution in [-0.4, -0.2) is 66.8 Å². The van der Waals surface area contributed by atoms with Crippen LogP contribution < -0.4 is 5.32 Å². The minimum atomic E-state index is -0.0566. The average Bonchev–Trinajstić information content (AvgIpc) is 2.79. The van der Waals surface area contributed by atoms with Gasteiger partial charge >= 0.3 is 6.03 Å². The van der Waals surface area contributed by atoms with Gasteiger partial charge in [0.2, 0.25) is 0 Å². The zero-order valence-electron chi connectivity index (χ0n) is 12.6. The predicted molar refractivity (Wildman–Crippen MR) is 77.1 cm³/mol. The van der Waals surface area contributed by atoms with E-state index in [1.165, 1.54) is 6.42 Å². The van der Waals surface area contributed by atoms with Gasteiger partial charge in [0.25, 0.3) is 0 Å². The highest BCUT2D eigenvalue weighted by Gasteiger charge is 2.23. The van der Waals surface area contributed by atoms with E-state index >= 15 is 0 Å². The van der Waals surface area contributed by atoms with Crippen LogP contribution in [0.2, 0.25) is 0 Å². The first-order valence-electron chi connectivity index (χ1n) is 7.42. The molecule has 5 nitrogen and oxygen atoms in total. The van der Waals surface area contributed by atoms with Crippen molar-refractivity contribution in [1.82, 2.24) is 15.1 Å². The lowest BCUT2D eigenvalue weighted by Crippen LogP contribution is -2.43. The fourth-order valence-corrected chi connectivity index (χ4v) is 2.63. The average molecular weight is 271 g/mol. The van der Waals surface area contributed by atoms with E-state index in [1.807, 2.05) is 6.92 Å². The Morgan fingerprint density at radius 3 is 2.84 bits per heavy atom. The highest BCUT2D eigenvalue weighted by atomic mass is 16.3. The summed E-state index contributed by atoms with van der Waals surface area (Å²) in [5.74, 6) is 1.27. The van der Waals surface area contributed by atoms with E-state index in [0.29, 0.717) is 24.9 Å². The number of aliphatic hydroxyl groups is 1. The molecule has 2 amide bonds. The van der Waals surface area contributed by atoms with Crippen LogP contribution in [0.1, 0.15) is 27.2 Å². The van der Waals surface area contributed by atoms with Crippen LogP contribution in [0.4, 0.5) is 4.79 Å². The molecule has 19 heavy (non-hydrogen) atoms. The van der Waals surface area contributed by atoms with Crippen molar-refractivity contribution in [1.29, 1.82) is 0 Å². The van der Waals surface area contributed by atoms with E-state index in [9.17, 15) is 4.79 Å². The van der Waals surface area contributed by atoms with Gasteiger partial charge in [-0.3, -0.25) is 0 Å². The molecular weight excluding hydrogens is 242 g/mol. The zero-order valence-corrected chi connectivity index (χ0v) is 12.6. The summed E-state index contributed by atoms with van der Waals surface area (Å²) in [6.07, 6.45) is 1.17. The summed E-state index contributed by atoms with van der Waals surface area (Å²) in [7, 11) is 0. The van der Waals surface area contributed by atoms with Gasteiger partial charge in [-0.25, -0.2) is 4.79 Å². The Bertz CT molecular complexity index is 271. The van der Waals surface area contributed by atoms with Gasteiger partial charge in [0.15, 0.2) is 0 Å². The number of rotatable bonds is 7. The topological polar surface area (TPSA) is 55.8 Å². The number of hydrogen-bond acceptors (Lipinski definition) is 3. The summed E-state index contributed by atoms with van der Waals surface area (Å²) in [4.78, 5) is 16.0. The normalized spacial score (nSPS) is 19.9. The van der Waals surface area contributed by atoms with Gasteiger partial charge in [-0.2, -0.15) is 0 Å². The number of likely N-dealkylation sites (N-methyl/N-ethyl adjacent to an activating group) is 1. The molecule has 0 bridgehead atoms. The van der Waals surface area contributed by atoms with Crippen LogP contribution in [0.25, 0.3) is 0 Å². The lowest BCUT2D eigenvalue weighted by molar-refractivity contribution is 0.179. The first kappa shape index (κ1) is 16.2. The third-order valence-corrected chi connectivity index (χ3v) is 3.57. The Kier molecular flexibility index (Phi) is 7.16. The van der Waals surface area contributed by atoms with Gasteiger partial charge in [0, 0.05) is 32.7 Å². The molecule has 0 radical (unpaired) electrons. The van der Waals surface area contributed by atoms with Crippen molar-refractivity contribution in [3.05, 3.63) is 0 Å². The molecule has 1 aliphatic rings. The number of likely N-dealkylation sites (tertiary alicyclic amines) is 1. The SMILES string of the molecule is CCN(CCO)C(=O)NCC1CCN(CC(C)C)C1. The standard InChI is InChI=1S/C14H29N3O2/c1-4-17(7-8-18)14(19)15-9-13-5-6-16(11-13)10-12(2)3/h12-13,18H,4-11H2,1-3H3,(H,15,19). The molecule has 0 aromatic heterocycles. The summed E-state index contributed by atoms with van der Waals surface area (Å²) >= 11 is 0. The van der Waals surface area contributed by atoms with Crippen molar-refractivity contribution < 1.29 is 9.90 Å². The summed E-state index contributed by atoms with van der Waals surface area (Å²) in [6, 6.07) is -0.0566. The van der Waals surface area contributed by atoms with Gasteiger partial charge in [-0.1, -0.05) is 13.8 Å². The third-order valence-electron chi connectivity index (χ3n) is 3.57. The number of hydrogen-bond donors (Lipinski definition) is 2. The van der Waals surface area contributed by atoms with Crippen molar-refractivity contribution in [3.63, 3.8) is 0 Å². The second-order valence-electron chi connectivity index (χ2n) is 5.80. The fourth-order valence-electron chi connectivity index (χ4n) is 2.63. The van der Waals surface area contributed by atoms with Crippen molar-refractivity contribution in [2.24, 2.45) is 11.8 Å². The molecule has 0 aromatic carbocycles. The monoisotopic (exact) mass is 271 g/mol. The van der Waals surface area contributed by atoms with Crippen LogP contribution in [0.15, 0.2) is 0 Å². The molecule has 1 atom stereocenters. The van der Waals surface area contributed by atoms with E-state index in [0.717, 1.165) is 26.2 Å². The third kappa shape index (κ3) is 5.78. The molecule has 0 spiro atoms. The minimum Gasteiger partial charge on any atom is -0.395 e. The summed E-state index contributed by atoms with van der Waals surface area (Å²) in [6.45, 7) is 11.6. The maximum atomic E-state index is 11.9. The Balaban J connectivity index is 2.24. The Morgan fingerprint density at radius 2 is 2.26 bits per heavy atom. The van der Waals surface area contributed by atoms with Crippen molar-refractivity contribution >= 4 is 6.03 Å². The van der Waals surface area contributed by atoms with Gasteiger partial charge in [0.05, 0.1) is 6.61 Å². The maximum Gasteiger partial charge on any atom is 0.317 e. The van der Waals surface area contributed by atoms with Gasteiger partial charge in [-0.05, 0) is 31.7 Å². The van der Waals surface area contributed by atoms with E-state index in [2.05, 4.69) is 24.1 Å². The van der Waals surface area contributed by atoms with Crippen molar-refractivity contribution in [2.75, 3.05) is 45.9 Å². The molecule has 1 fully saturated rings. The highest BCUT2D eigenvalue weighted by Crippen LogP contribution is 2.16. The molecule has 1 aliphatic heterocycles. The summed E-state index contributed by atoms with van der Waals surface area (Å²) in [5, 5.41) is 11.9. The number of carbonyl (C=O) groups excluding carboxylic acids is 1. The Labute approximate surface area is 117 Å². The summed E-state index contributed by atoms with van der Waals surface area (Å²) in [5.41, 5.74) is 0. The fraction of sp³-hybridized carbons (Fsp3) is 0.929.